The summed E-state index contributed by atoms with van der Waals surface area (Å²) in [5.74, 6) is 0.737. The van der Waals surface area contributed by atoms with Crippen LogP contribution in [0.3, 0.4) is 0 Å². The van der Waals surface area contributed by atoms with E-state index in [9.17, 15) is 5.11 Å². The van der Waals surface area contributed by atoms with Crippen LogP contribution in [0, 0.1) is 5.92 Å². The van der Waals surface area contributed by atoms with Crippen molar-refractivity contribution in [2.24, 2.45) is 5.92 Å². The smallest absolute Gasteiger partial charge is 0.0916 e. The van der Waals surface area contributed by atoms with Gasteiger partial charge in [-0.15, -0.1) is 0 Å². The Bertz CT molecular complexity index is 358. The van der Waals surface area contributed by atoms with Gasteiger partial charge in [0.25, 0.3) is 0 Å². The fourth-order valence-electron chi connectivity index (χ4n) is 2.70. The average molecular weight is 262 g/mol. The first-order chi connectivity index (χ1) is 9.15. The predicted molar refractivity (Wildman–Crippen MR) is 79.1 cm³/mol. The molecule has 1 saturated heterocycles. The van der Waals surface area contributed by atoms with Crippen LogP contribution in [0.4, 0.5) is 0 Å². The maximum Gasteiger partial charge on any atom is 0.0916 e. The van der Waals surface area contributed by atoms with E-state index in [0.29, 0.717) is 0 Å². The Labute approximate surface area is 116 Å². The molecule has 1 atom stereocenters. The molecular weight excluding hydrogens is 236 g/mol. The van der Waals surface area contributed by atoms with Crippen LogP contribution >= 0.6 is 0 Å². The summed E-state index contributed by atoms with van der Waals surface area (Å²) in [5, 5.41) is 10.2. The molecule has 2 rings (SSSR count). The highest BCUT2D eigenvalue weighted by atomic mass is 16.3. The van der Waals surface area contributed by atoms with E-state index in [1.807, 2.05) is 30.3 Å². The van der Waals surface area contributed by atoms with Gasteiger partial charge in [0.2, 0.25) is 0 Å². The fourth-order valence-corrected chi connectivity index (χ4v) is 2.70. The number of aliphatic hydroxyl groups excluding tert-OH is 1. The molecule has 19 heavy (non-hydrogen) atoms. The van der Waals surface area contributed by atoms with Gasteiger partial charge in [0.1, 0.15) is 0 Å². The first kappa shape index (κ1) is 14.5. The van der Waals surface area contributed by atoms with Crippen LogP contribution in [-0.4, -0.2) is 54.2 Å². The lowest BCUT2D eigenvalue weighted by atomic mass is 10.1. The largest absolute Gasteiger partial charge is 0.387 e. The van der Waals surface area contributed by atoms with Gasteiger partial charge >= 0.3 is 0 Å². The Morgan fingerprint density at radius 1 is 0.947 bits per heavy atom. The highest BCUT2D eigenvalue weighted by Gasteiger charge is 2.20. The fraction of sp³-hybridized carbons (Fsp3) is 0.625. The summed E-state index contributed by atoms with van der Waals surface area (Å²) in [4.78, 5) is 4.89. The molecule has 3 heteroatoms. The molecule has 106 valence electrons. The third-order valence-electron chi connectivity index (χ3n) is 3.70. The second kappa shape index (κ2) is 7.04. The summed E-state index contributed by atoms with van der Waals surface area (Å²) in [6, 6.07) is 9.96. The molecule has 1 unspecified atom stereocenters. The Hall–Kier alpha value is -0.900. The van der Waals surface area contributed by atoms with Crippen molar-refractivity contribution in [3.05, 3.63) is 35.9 Å². The van der Waals surface area contributed by atoms with Crippen molar-refractivity contribution in [2.75, 3.05) is 39.3 Å². The molecule has 0 aromatic heterocycles. The minimum Gasteiger partial charge on any atom is -0.387 e. The van der Waals surface area contributed by atoms with Crippen LogP contribution in [0.2, 0.25) is 0 Å². The second-order valence-electron chi connectivity index (χ2n) is 5.92. The van der Waals surface area contributed by atoms with Gasteiger partial charge in [0, 0.05) is 39.3 Å². The number of benzene rings is 1. The molecule has 0 saturated carbocycles. The minimum absolute atomic E-state index is 0.363. The second-order valence-corrected chi connectivity index (χ2v) is 5.92. The molecule has 0 aliphatic carbocycles. The van der Waals surface area contributed by atoms with E-state index in [1.54, 1.807) is 0 Å². The van der Waals surface area contributed by atoms with Gasteiger partial charge in [-0.05, 0) is 11.5 Å². The zero-order chi connectivity index (χ0) is 13.7. The summed E-state index contributed by atoms with van der Waals surface area (Å²) in [6.07, 6.45) is -0.363. The van der Waals surface area contributed by atoms with E-state index >= 15 is 0 Å². The summed E-state index contributed by atoms with van der Waals surface area (Å²) >= 11 is 0. The highest BCUT2D eigenvalue weighted by molar-refractivity contribution is 5.17. The van der Waals surface area contributed by atoms with Crippen LogP contribution < -0.4 is 0 Å². The molecule has 1 heterocycles. The van der Waals surface area contributed by atoms with Gasteiger partial charge < -0.3 is 10.0 Å². The van der Waals surface area contributed by atoms with E-state index in [2.05, 4.69) is 23.6 Å². The van der Waals surface area contributed by atoms with Crippen molar-refractivity contribution in [3.63, 3.8) is 0 Å². The van der Waals surface area contributed by atoms with Gasteiger partial charge in [0.05, 0.1) is 6.10 Å². The standard InChI is InChI=1S/C16H26N2O/c1-14(2)12-17-8-10-18(11-9-17)13-16(19)15-6-4-3-5-7-15/h3-7,14,16,19H,8-13H2,1-2H3. The van der Waals surface area contributed by atoms with Crippen molar-refractivity contribution >= 4 is 0 Å². The molecule has 1 N–H and O–H groups in total. The Kier molecular flexibility index (Phi) is 5.37. The first-order valence-electron chi connectivity index (χ1n) is 7.33. The molecule has 0 radical (unpaired) electrons. The van der Waals surface area contributed by atoms with Gasteiger partial charge in [-0.2, -0.15) is 0 Å². The van der Waals surface area contributed by atoms with E-state index in [4.69, 9.17) is 0 Å². The summed E-state index contributed by atoms with van der Waals surface area (Å²) in [5.41, 5.74) is 1.02. The number of hydrogen-bond acceptors (Lipinski definition) is 3. The molecule has 0 amide bonds. The number of nitrogens with zero attached hydrogens (tertiary/aromatic N) is 2. The summed E-state index contributed by atoms with van der Waals surface area (Å²) in [6.45, 7) is 10.9. The predicted octanol–water partition coefficient (Wildman–Crippen LogP) is 1.99. The average Bonchev–Trinajstić information content (AvgIpc) is 2.41. The zero-order valence-corrected chi connectivity index (χ0v) is 12.1. The SMILES string of the molecule is CC(C)CN1CCN(CC(O)c2ccccc2)CC1. The quantitative estimate of drug-likeness (QED) is 0.879. The normalized spacial score (nSPS) is 19.8. The van der Waals surface area contributed by atoms with Crippen LogP contribution in [0.25, 0.3) is 0 Å². The maximum absolute atomic E-state index is 10.2. The van der Waals surface area contributed by atoms with Gasteiger partial charge in [-0.1, -0.05) is 44.2 Å². The Balaban J connectivity index is 1.76. The molecule has 1 fully saturated rings. The molecule has 0 spiro atoms. The lowest BCUT2D eigenvalue weighted by Crippen LogP contribution is -2.48. The maximum atomic E-state index is 10.2. The van der Waals surface area contributed by atoms with Crippen LogP contribution in [0.15, 0.2) is 30.3 Å². The number of hydrogen-bond donors (Lipinski definition) is 1. The monoisotopic (exact) mass is 262 g/mol. The summed E-state index contributed by atoms with van der Waals surface area (Å²) < 4.78 is 0. The van der Waals surface area contributed by atoms with Crippen LogP contribution in [0.1, 0.15) is 25.5 Å². The first-order valence-corrected chi connectivity index (χ1v) is 7.33. The van der Waals surface area contributed by atoms with Crippen LogP contribution in [0.5, 0.6) is 0 Å². The van der Waals surface area contributed by atoms with Gasteiger partial charge in [0.15, 0.2) is 0 Å². The van der Waals surface area contributed by atoms with Gasteiger partial charge in [-0.3, -0.25) is 4.90 Å². The molecule has 1 aromatic rings. The highest BCUT2D eigenvalue weighted by Crippen LogP contribution is 2.15. The molecule has 0 bridgehead atoms. The Morgan fingerprint density at radius 2 is 1.47 bits per heavy atom. The number of rotatable bonds is 5. The third-order valence-corrected chi connectivity index (χ3v) is 3.70. The molecule has 1 aliphatic heterocycles. The van der Waals surface area contributed by atoms with Crippen molar-refractivity contribution in [1.29, 1.82) is 0 Å². The summed E-state index contributed by atoms with van der Waals surface area (Å²) in [7, 11) is 0. The minimum atomic E-state index is -0.363. The van der Waals surface area contributed by atoms with Gasteiger partial charge in [-0.25, -0.2) is 0 Å². The number of β-amino-alcohol motifs (C(OH)–C–C–N with tert-alkyl or cyclic N) is 1. The van der Waals surface area contributed by atoms with E-state index in [0.717, 1.165) is 44.2 Å². The zero-order valence-electron chi connectivity index (χ0n) is 12.1. The van der Waals surface area contributed by atoms with E-state index in [-0.39, 0.29) is 6.10 Å². The number of piperazine rings is 1. The van der Waals surface area contributed by atoms with Crippen molar-refractivity contribution < 1.29 is 5.11 Å². The lowest BCUT2D eigenvalue weighted by molar-refractivity contribution is 0.0687. The van der Waals surface area contributed by atoms with E-state index in [1.165, 1.54) is 6.54 Å². The van der Waals surface area contributed by atoms with Crippen LogP contribution in [-0.2, 0) is 0 Å². The van der Waals surface area contributed by atoms with Crippen molar-refractivity contribution in [3.8, 4) is 0 Å². The van der Waals surface area contributed by atoms with Crippen molar-refractivity contribution in [1.82, 2.24) is 9.80 Å². The number of aliphatic hydroxyl groups is 1. The van der Waals surface area contributed by atoms with Crippen molar-refractivity contribution in [2.45, 2.75) is 20.0 Å². The molecule has 1 aliphatic rings. The van der Waals surface area contributed by atoms with E-state index < -0.39 is 0 Å². The molecule has 3 nitrogen and oxygen atoms in total. The topological polar surface area (TPSA) is 26.7 Å². The lowest BCUT2D eigenvalue weighted by Gasteiger charge is -2.36. The third kappa shape index (κ3) is 4.60. The molecule has 1 aromatic carbocycles. The molecular formula is C16H26N2O. The Morgan fingerprint density at radius 3 is 2.00 bits per heavy atom.